The Balaban J connectivity index is 2.49. The highest BCUT2D eigenvalue weighted by atomic mass is 32.2. The van der Waals surface area contributed by atoms with Crippen LogP contribution in [0.15, 0.2) is 41.7 Å². The van der Waals surface area contributed by atoms with E-state index in [2.05, 4.69) is 14.7 Å². The molecule has 0 bridgehead atoms. The van der Waals surface area contributed by atoms with Gasteiger partial charge < -0.3 is 5.73 Å². The van der Waals surface area contributed by atoms with Crippen molar-refractivity contribution in [1.82, 2.24) is 9.97 Å². The van der Waals surface area contributed by atoms with E-state index >= 15 is 0 Å². The van der Waals surface area contributed by atoms with Crippen LogP contribution in [0.1, 0.15) is 0 Å². The second kappa shape index (κ2) is 5.09. The largest absolute Gasteiger partial charge is 0.399 e. The predicted octanol–water partition coefficient (Wildman–Crippen LogP) is 0.768. The summed E-state index contributed by atoms with van der Waals surface area (Å²) in [6.07, 6.45) is 3.82. The Kier molecular flexibility index (Phi) is 3.48. The van der Waals surface area contributed by atoms with E-state index in [1.165, 1.54) is 24.7 Å². The number of nitrogen functional groups attached to an aromatic ring is 1. The smallest absolute Gasteiger partial charge is 0.290 e. The van der Waals surface area contributed by atoms with Gasteiger partial charge in [0.1, 0.15) is 0 Å². The van der Waals surface area contributed by atoms with Crippen molar-refractivity contribution in [3.8, 4) is 0 Å². The molecule has 1 aromatic heterocycles. The first-order valence-electron chi connectivity index (χ1n) is 5.23. The van der Waals surface area contributed by atoms with Crippen molar-refractivity contribution < 1.29 is 13.3 Å². The standard InChI is InChI=1S/C10H9N5O4S/c11-7-1-2-8(15(16)17)9(5-7)20(18,19)14-10-6-12-3-4-13-10/h1-6H,11H2,(H,13,14). The summed E-state index contributed by atoms with van der Waals surface area (Å²) in [5.41, 5.74) is 4.99. The van der Waals surface area contributed by atoms with Gasteiger partial charge in [0, 0.05) is 24.1 Å². The number of nitrogens with two attached hydrogens (primary N) is 1. The van der Waals surface area contributed by atoms with Crippen LogP contribution in [0.3, 0.4) is 0 Å². The minimum absolute atomic E-state index is 0.0516. The van der Waals surface area contributed by atoms with Crippen molar-refractivity contribution in [3.05, 3.63) is 46.9 Å². The first-order chi connectivity index (χ1) is 9.40. The van der Waals surface area contributed by atoms with E-state index in [0.29, 0.717) is 0 Å². The molecule has 0 spiro atoms. The zero-order valence-corrected chi connectivity index (χ0v) is 10.7. The number of nitrogens with one attached hydrogen (secondary N) is 1. The van der Waals surface area contributed by atoms with Gasteiger partial charge in [-0.05, 0) is 12.1 Å². The second-order valence-electron chi connectivity index (χ2n) is 3.68. The van der Waals surface area contributed by atoms with E-state index in [-0.39, 0.29) is 11.5 Å². The van der Waals surface area contributed by atoms with Gasteiger partial charge in [-0.1, -0.05) is 0 Å². The molecule has 0 atom stereocenters. The molecule has 0 saturated carbocycles. The van der Waals surface area contributed by atoms with Gasteiger partial charge in [-0.2, -0.15) is 0 Å². The summed E-state index contributed by atoms with van der Waals surface area (Å²) in [5, 5.41) is 10.9. The van der Waals surface area contributed by atoms with Crippen LogP contribution in [0, 0.1) is 10.1 Å². The van der Waals surface area contributed by atoms with Crippen molar-refractivity contribution in [1.29, 1.82) is 0 Å². The second-order valence-corrected chi connectivity index (χ2v) is 5.33. The summed E-state index contributed by atoms with van der Waals surface area (Å²) in [4.78, 5) is 17.0. The van der Waals surface area contributed by atoms with Crippen molar-refractivity contribution in [2.24, 2.45) is 0 Å². The summed E-state index contributed by atoms with van der Waals surface area (Å²) < 4.78 is 26.4. The quantitative estimate of drug-likeness (QED) is 0.482. The fraction of sp³-hybridized carbons (Fsp3) is 0. The van der Waals surface area contributed by atoms with E-state index in [9.17, 15) is 18.5 Å². The van der Waals surface area contributed by atoms with Gasteiger partial charge in [0.15, 0.2) is 10.7 Å². The Morgan fingerprint density at radius 2 is 2.05 bits per heavy atom. The van der Waals surface area contributed by atoms with Crippen molar-refractivity contribution >= 4 is 27.2 Å². The summed E-state index contributed by atoms with van der Waals surface area (Å²) in [6.45, 7) is 0. The molecule has 0 amide bonds. The lowest BCUT2D eigenvalue weighted by atomic mass is 10.3. The molecule has 2 rings (SSSR count). The first kappa shape index (κ1) is 13.7. The number of hydrogen-bond acceptors (Lipinski definition) is 7. The predicted molar refractivity (Wildman–Crippen MR) is 70.3 cm³/mol. The van der Waals surface area contributed by atoms with E-state index in [1.54, 1.807) is 0 Å². The number of nitro benzene ring substituents is 1. The normalized spacial score (nSPS) is 11.0. The van der Waals surface area contributed by atoms with Gasteiger partial charge in [0.25, 0.3) is 15.7 Å². The maximum Gasteiger partial charge on any atom is 0.290 e. The summed E-state index contributed by atoms with van der Waals surface area (Å²) >= 11 is 0. The molecule has 104 valence electrons. The molecule has 1 heterocycles. The maximum atomic E-state index is 12.1. The molecule has 9 nitrogen and oxygen atoms in total. The lowest BCUT2D eigenvalue weighted by molar-refractivity contribution is -0.387. The lowest BCUT2D eigenvalue weighted by Gasteiger charge is -2.07. The number of nitrogens with zero attached hydrogens (tertiary/aromatic N) is 3. The van der Waals surface area contributed by atoms with Gasteiger partial charge in [-0.3, -0.25) is 19.8 Å². The number of anilines is 2. The Morgan fingerprint density at radius 1 is 1.30 bits per heavy atom. The Bertz CT molecular complexity index is 747. The van der Waals surface area contributed by atoms with E-state index in [1.807, 2.05) is 0 Å². The average Bonchev–Trinajstić information content (AvgIpc) is 2.39. The van der Waals surface area contributed by atoms with Crippen LogP contribution in [-0.2, 0) is 10.0 Å². The Labute approximate surface area is 113 Å². The van der Waals surface area contributed by atoms with Crippen LogP contribution in [0.2, 0.25) is 0 Å². The zero-order valence-electron chi connectivity index (χ0n) is 9.92. The van der Waals surface area contributed by atoms with Crippen LogP contribution in [0.25, 0.3) is 0 Å². The molecule has 0 unspecified atom stereocenters. The molecule has 2 aromatic rings. The number of benzene rings is 1. The van der Waals surface area contributed by atoms with Gasteiger partial charge in [-0.25, -0.2) is 13.4 Å². The van der Waals surface area contributed by atoms with Crippen LogP contribution < -0.4 is 10.5 Å². The number of nitro groups is 1. The van der Waals surface area contributed by atoms with Crippen LogP contribution in [-0.4, -0.2) is 23.3 Å². The molecule has 0 aliphatic carbocycles. The van der Waals surface area contributed by atoms with Crippen LogP contribution in [0.4, 0.5) is 17.2 Å². The number of hydrogen-bond donors (Lipinski definition) is 2. The minimum atomic E-state index is -4.19. The summed E-state index contributed by atoms with van der Waals surface area (Å²) in [6, 6.07) is 3.29. The molecule has 0 saturated heterocycles. The number of sulfonamides is 1. The minimum Gasteiger partial charge on any atom is -0.399 e. The van der Waals surface area contributed by atoms with Gasteiger partial charge >= 0.3 is 0 Å². The van der Waals surface area contributed by atoms with Gasteiger partial charge in [0.05, 0.1) is 11.1 Å². The molecule has 1 aromatic carbocycles. The molecule has 20 heavy (non-hydrogen) atoms. The zero-order chi connectivity index (χ0) is 14.8. The van der Waals surface area contributed by atoms with Crippen molar-refractivity contribution in [3.63, 3.8) is 0 Å². The van der Waals surface area contributed by atoms with E-state index in [4.69, 9.17) is 5.73 Å². The lowest BCUT2D eigenvalue weighted by Crippen LogP contribution is -2.16. The van der Waals surface area contributed by atoms with Crippen LogP contribution >= 0.6 is 0 Å². The number of aromatic nitrogens is 2. The third-order valence-corrected chi connectivity index (χ3v) is 3.66. The third-order valence-electron chi connectivity index (χ3n) is 2.27. The molecular weight excluding hydrogens is 286 g/mol. The van der Waals surface area contributed by atoms with E-state index < -0.39 is 25.5 Å². The van der Waals surface area contributed by atoms with Gasteiger partial charge in [0.2, 0.25) is 0 Å². The van der Waals surface area contributed by atoms with E-state index in [0.717, 1.165) is 12.1 Å². The molecular formula is C10H9N5O4S. The maximum absolute atomic E-state index is 12.1. The fourth-order valence-corrected chi connectivity index (χ4v) is 2.64. The van der Waals surface area contributed by atoms with Crippen molar-refractivity contribution in [2.45, 2.75) is 4.90 Å². The van der Waals surface area contributed by atoms with Crippen LogP contribution in [0.5, 0.6) is 0 Å². The van der Waals surface area contributed by atoms with Gasteiger partial charge in [-0.15, -0.1) is 0 Å². The monoisotopic (exact) mass is 295 g/mol. The number of rotatable bonds is 4. The molecule has 0 aliphatic rings. The van der Waals surface area contributed by atoms with Crippen molar-refractivity contribution in [2.75, 3.05) is 10.5 Å². The molecule has 10 heteroatoms. The Hall–Kier alpha value is -2.75. The first-order valence-corrected chi connectivity index (χ1v) is 6.71. The fourth-order valence-electron chi connectivity index (χ4n) is 1.44. The topological polar surface area (TPSA) is 141 Å². The molecule has 0 radical (unpaired) electrons. The molecule has 0 fully saturated rings. The summed E-state index contributed by atoms with van der Waals surface area (Å²) in [5.74, 6) is -0.0516. The third kappa shape index (κ3) is 2.80. The SMILES string of the molecule is Nc1ccc([N+](=O)[O-])c(S(=O)(=O)Nc2cnccn2)c1. The summed E-state index contributed by atoms with van der Waals surface area (Å²) in [7, 11) is -4.19. The highest BCUT2D eigenvalue weighted by Crippen LogP contribution is 2.27. The highest BCUT2D eigenvalue weighted by Gasteiger charge is 2.26. The Morgan fingerprint density at radius 3 is 2.65 bits per heavy atom. The highest BCUT2D eigenvalue weighted by molar-refractivity contribution is 7.92. The average molecular weight is 295 g/mol. The molecule has 3 N–H and O–H groups in total. The molecule has 0 aliphatic heterocycles.